The average Bonchev–Trinajstić information content (AvgIpc) is 2.24. The van der Waals surface area contributed by atoms with Crippen LogP contribution in [0.25, 0.3) is 0 Å². The van der Waals surface area contributed by atoms with Crippen LogP contribution in [-0.4, -0.2) is 31.2 Å². The van der Waals surface area contributed by atoms with Crippen LogP contribution in [0.2, 0.25) is 45.3 Å². The van der Waals surface area contributed by atoms with E-state index in [9.17, 15) is 0 Å². The van der Waals surface area contributed by atoms with E-state index in [-0.39, 0.29) is 6.04 Å². The van der Waals surface area contributed by atoms with Gasteiger partial charge in [-0.05, 0) is 44.5 Å². The largest absolute Gasteiger partial charge is 0.433 e. The second-order valence-corrected chi connectivity index (χ2v) is 20.3. The van der Waals surface area contributed by atoms with Crippen LogP contribution in [0.5, 0.6) is 0 Å². The molecule has 0 bridgehead atoms. The molecule has 0 heterocycles. The van der Waals surface area contributed by atoms with Gasteiger partial charge in [0, 0.05) is 12.1 Å². The molecule has 0 saturated carbocycles. The van der Waals surface area contributed by atoms with E-state index in [1.165, 1.54) is 5.19 Å². The Bertz CT molecular complexity index is 422. The molecule has 0 aromatic heterocycles. The first-order valence-corrected chi connectivity index (χ1v) is 16.5. The topological polar surface area (TPSA) is 44.5 Å². The van der Waals surface area contributed by atoms with Crippen LogP contribution in [0.1, 0.15) is 6.92 Å². The quantitative estimate of drug-likeness (QED) is 0.773. The summed E-state index contributed by atoms with van der Waals surface area (Å²) >= 11 is 0. The standard InChI is InChI=1S/C15H31NO2Si3/c1-14(16)13-21(17-19(2,3)4,18-20(5,6)7)15-11-9-8-10-12-15/h8-12,14H,13,16H2,1-7H3. The van der Waals surface area contributed by atoms with E-state index in [4.69, 9.17) is 14.0 Å². The third kappa shape index (κ3) is 6.58. The Morgan fingerprint density at radius 1 is 0.905 bits per heavy atom. The lowest BCUT2D eigenvalue weighted by Crippen LogP contribution is -2.63. The highest BCUT2D eigenvalue weighted by atomic mass is 28.5. The fraction of sp³-hybridized carbons (Fsp3) is 0.600. The van der Waals surface area contributed by atoms with Crippen molar-refractivity contribution in [3.63, 3.8) is 0 Å². The second kappa shape index (κ2) is 6.89. The summed E-state index contributed by atoms with van der Waals surface area (Å²) in [6.07, 6.45) is 0. The van der Waals surface area contributed by atoms with Gasteiger partial charge in [-0.25, -0.2) is 0 Å². The Morgan fingerprint density at radius 2 is 1.33 bits per heavy atom. The lowest BCUT2D eigenvalue weighted by atomic mass is 10.4. The van der Waals surface area contributed by atoms with Crippen molar-refractivity contribution in [3.05, 3.63) is 30.3 Å². The smallest absolute Gasteiger partial charge is 0.353 e. The number of rotatable bonds is 7. The first-order chi connectivity index (χ1) is 9.44. The Labute approximate surface area is 133 Å². The molecule has 1 rings (SSSR count). The maximum absolute atomic E-state index is 6.71. The minimum atomic E-state index is -2.51. The molecule has 0 fully saturated rings. The van der Waals surface area contributed by atoms with Crippen molar-refractivity contribution < 1.29 is 8.23 Å². The van der Waals surface area contributed by atoms with Crippen molar-refractivity contribution >= 4 is 30.4 Å². The third-order valence-corrected chi connectivity index (χ3v) is 12.7. The lowest BCUT2D eigenvalue weighted by molar-refractivity contribution is 0.388. The van der Waals surface area contributed by atoms with E-state index in [1.54, 1.807) is 0 Å². The molecule has 3 nitrogen and oxygen atoms in total. The van der Waals surface area contributed by atoms with Gasteiger partial charge in [-0.15, -0.1) is 0 Å². The monoisotopic (exact) mass is 341 g/mol. The normalized spacial score (nSPS) is 15.0. The summed E-state index contributed by atoms with van der Waals surface area (Å²) in [7, 11) is -5.98. The SMILES string of the molecule is CC(N)C[Si](O[Si](C)(C)C)(O[Si](C)(C)C)c1ccccc1. The summed E-state index contributed by atoms with van der Waals surface area (Å²) in [5.74, 6) is 0. The maximum atomic E-state index is 6.71. The van der Waals surface area contributed by atoms with Gasteiger partial charge in [-0.3, -0.25) is 0 Å². The van der Waals surface area contributed by atoms with Crippen molar-refractivity contribution in [1.82, 2.24) is 0 Å². The zero-order chi connectivity index (χ0) is 16.3. The zero-order valence-corrected chi connectivity index (χ0v) is 17.6. The molecule has 120 valence electrons. The van der Waals surface area contributed by atoms with Crippen molar-refractivity contribution in [3.8, 4) is 0 Å². The Hall–Kier alpha value is -0.249. The summed E-state index contributed by atoms with van der Waals surface area (Å²) in [6.45, 7) is 15.4. The van der Waals surface area contributed by atoms with Crippen LogP contribution in [0, 0.1) is 0 Å². The van der Waals surface area contributed by atoms with E-state index in [0.29, 0.717) is 0 Å². The van der Waals surface area contributed by atoms with Crippen LogP contribution in [0.4, 0.5) is 0 Å². The van der Waals surface area contributed by atoms with E-state index in [2.05, 4.69) is 63.5 Å². The van der Waals surface area contributed by atoms with Crippen molar-refractivity contribution in [2.24, 2.45) is 5.73 Å². The number of hydrogen-bond donors (Lipinski definition) is 1. The molecule has 6 heteroatoms. The number of hydrogen-bond acceptors (Lipinski definition) is 3. The maximum Gasteiger partial charge on any atom is 0.353 e. The molecule has 2 N–H and O–H groups in total. The van der Waals surface area contributed by atoms with Crippen LogP contribution < -0.4 is 10.9 Å². The molecular weight excluding hydrogens is 310 g/mol. The summed E-state index contributed by atoms with van der Waals surface area (Å²) in [5, 5.41) is 1.21. The molecule has 0 spiro atoms. The van der Waals surface area contributed by atoms with Crippen molar-refractivity contribution in [1.29, 1.82) is 0 Å². The van der Waals surface area contributed by atoms with E-state index in [1.807, 2.05) is 13.0 Å². The van der Waals surface area contributed by atoms with E-state index in [0.717, 1.165) is 6.04 Å². The summed E-state index contributed by atoms with van der Waals surface area (Å²) in [4.78, 5) is 0. The molecule has 21 heavy (non-hydrogen) atoms. The molecule has 1 atom stereocenters. The number of benzene rings is 1. The van der Waals surface area contributed by atoms with Gasteiger partial charge in [0.15, 0.2) is 16.6 Å². The highest BCUT2D eigenvalue weighted by Gasteiger charge is 2.46. The molecule has 0 aliphatic heterocycles. The second-order valence-electron chi connectivity index (χ2n) is 7.73. The Kier molecular flexibility index (Phi) is 6.17. The highest BCUT2D eigenvalue weighted by molar-refractivity contribution is 6.94. The first-order valence-electron chi connectivity index (χ1n) is 7.65. The first kappa shape index (κ1) is 18.8. The summed E-state index contributed by atoms with van der Waals surface area (Å²) < 4.78 is 13.4. The van der Waals surface area contributed by atoms with Crippen LogP contribution in [-0.2, 0) is 8.23 Å². The van der Waals surface area contributed by atoms with Crippen LogP contribution in [0.3, 0.4) is 0 Å². The molecule has 0 amide bonds. The van der Waals surface area contributed by atoms with Gasteiger partial charge in [0.2, 0.25) is 0 Å². The molecule has 1 unspecified atom stereocenters. The molecule has 0 radical (unpaired) electrons. The fourth-order valence-electron chi connectivity index (χ4n) is 2.45. The molecular formula is C15H31NO2Si3. The van der Waals surface area contributed by atoms with Gasteiger partial charge in [-0.2, -0.15) is 0 Å². The molecule has 0 saturated heterocycles. The van der Waals surface area contributed by atoms with E-state index < -0.39 is 25.2 Å². The minimum Gasteiger partial charge on any atom is -0.433 e. The minimum absolute atomic E-state index is 0.0737. The molecule has 0 aliphatic carbocycles. The summed E-state index contributed by atoms with van der Waals surface area (Å²) in [5.41, 5.74) is 6.16. The fourth-order valence-corrected chi connectivity index (χ4v) is 14.3. The predicted octanol–water partition coefficient (Wildman–Crippen LogP) is 3.39. The zero-order valence-electron chi connectivity index (χ0n) is 14.6. The summed E-state index contributed by atoms with van der Waals surface area (Å²) in [6, 6.07) is 11.4. The van der Waals surface area contributed by atoms with Gasteiger partial charge in [0.25, 0.3) is 0 Å². The Balaban J connectivity index is 3.33. The predicted molar refractivity (Wildman–Crippen MR) is 99.1 cm³/mol. The van der Waals surface area contributed by atoms with Gasteiger partial charge in [0.1, 0.15) is 0 Å². The molecule has 0 aliphatic rings. The van der Waals surface area contributed by atoms with Crippen molar-refractivity contribution in [2.75, 3.05) is 0 Å². The van der Waals surface area contributed by atoms with Crippen LogP contribution in [0.15, 0.2) is 30.3 Å². The van der Waals surface area contributed by atoms with Gasteiger partial charge >= 0.3 is 8.56 Å². The van der Waals surface area contributed by atoms with Gasteiger partial charge in [0.05, 0.1) is 0 Å². The number of nitrogens with two attached hydrogens (primary N) is 1. The van der Waals surface area contributed by atoms with Gasteiger partial charge < -0.3 is 14.0 Å². The van der Waals surface area contributed by atoms with Crippen molar-refractivity contribution in [2.45, 2.75) is 58.3 Å². The van der Waals surface area contributed by atoms with Crippen LogP contribution >= 0.6 is 0 Å². The van der Waals surface area contributed by atoms with Gasteiger partial charge in [-0.1, -0.05) is 37.3 Å². The van der Waals surface area contributed by atoms with E-state index >= 15 is 0 Å². The lowest BCUT2D eigenvalue weighted by Gasteiger charge is -2.41. The molecule has 1 aromatic carbocycles. The third-order valence-electron chi connectivity index (χ3n) is 2.75. The highest BCUT2D eigenvalue weighted by Crippen LogP contribution is 2.25. The average molecular weight is 342 g/mol. The Morgan fingerprint density at radius 3 is 1.67 bits per heavy atom. The molecule has 1 aromatic rings.